The smallest absolute Gasteiger partial charge is 0.256 e. The van der Waals surface area contributed by atoms with E-state index in [1.54, 1.807) is 19.1 Å². The number of furan rings is 1. The largest absolute Gasteiger partial charge is 0.452 e. The SMILES string of the molecule is CC(NC(=O)c1ccoc1Cl)c1ccc(F)cc1. The Kier molecular flexibility index (Phi) is 3.67. The molecule has 18 heavy (non-hydrogen) atoms. The number of rotatable bonds is 3. The molecule has 2 aromatic rings. The first-order chi connectivity index (χ1) is 8.58. The normalized spacial score (nSPS) is 12.2. The molecule has 1 heterocycles. The minimum atomic E-state index is -0.328. The van der Waals surface area contributed by atoms with E-state index in [1.807, 2.05) is 0 Å². The van der Waals surface area contributed by atoms with Crippen LogP contribution in [0.3, 0.4) is 0 Å². The van der Waals surface area contributed by atoms with E-state index in [2.05, 4.69) is 5.32 Å². The van der Waals surface area contributed by atoms with E-state index in [-0.39, 0.29) is 28.5 Å². The van der Waals surface area contributed by atoms with Crippen LogP contribution in [0.1, 0.15) is 28.9 Å². The third-order valence-corrected chi connectivity index (χ3v) is 2.87. The summed E-state index contributed by atoms with van der Waals surface area (Å²) >= 11 is 5.71. The van der Waals surface area contributed by atoms with E-state index in [9.17, 15) is 9.18 Å². The van der Waals surface area contributed by atoms with Gasteiger partial charge >= 0.3 is 0 Å². The fraction of sp³-hybridized carbons (Fsp3) is 0.154. The van der Waals surface area contributed by atoms with Crippen molar-refractivity contribution in [2.75, 3.05) is 0 Å². The number of benzene rings is 1. The maximum Gasteiger partial charge on any atom is 0.256 e. The zero-order chi connectivity index (χ0) is 13.1. The molecule has 0 spiro atoms. The average molecular weight is 268 g/mol. The quantitative estimate of drug-likeness (QED) is 0.924. The number of carbonyl (C=O) groups is 1. The molecule has 1 amide bonds. The van der Waals surface area contributed by atoms with E-state index in [0.717, 1.165) is 5.56 Å². The fourth-order valence-electron chi connectivity index (χ4n) is 1.56. The number of halogens is 2. The molecule has 0 aliphatic rings. The zero-order valence-corrected chi connectivity index (χ0v) is 10.4. The zero-order valence-electron chi connectivity index (χ0n) is 9.61. The van der Waals surface area contributed by atoms with Gasteiger partial charge in [0.2, 0.25) is 5.22 Å². The summed E-state index contributed by atoms with van der Waals surface area (Å²) in [6.45, 7) is 1.80. The molecule has 1 aromatic heterocycles. The predicted octanol–water partition coefficient (Wildman–Crippen LogP) is 3.56. The number of hydrogen-bond acceptors (Lipinski definition) is 2. The number of amides is 1. The molecule has 2 rings (SSSR count). The minimum absolute atomic E-state index is 0.0545. The van der Waals surface area contributed by atoms with Crippen molar-refractivity contribution in [1.82, 2.24) is 5.32 Å². The Hall–Kier alpha value is -1.81. The van der Waals surface area contributed by atoms with E-state index in [1.165, 1.54) is 24.5 Å². The second-order valence-corrected chi connectivity index (χ2v) is 4.20. The third kappa shape index (κ3) is 2.71. The summed E-state index contributed by atoms with van der Waals surface area (Å²) in [5.41, 5.74) is 1.09. The van der Waals surface area contributed by atoms with Crippen LogP contribution in [0.15, 0.2) is 41.0 Å². The number of hydrogen-bond donors (Lipinski definition) is 1. The highest BCUT2D eigenvalue weighted by atomic mass is 35.5. The van der Waals surface area contributed by atoms with Crippen molar-refractivity contribution in [3.05, 3.63) is 58.8 Å². The highest BCUT2D eigenvalue weighted by Crippen LogP contribution is 2.18. The van der Waals surface area contributed by atoms with Gasteiger partial charge in [0, 0.05) is 0 Å². The lowest BCUT2D eigenvalue weighted by molar-refractivity contribution is 0.0939. The monoisotopic (exact) mass is 267 g/mol. The van der Waals surface area contributed by atoms with Crippen LogP contribution in [0.25, 0.3) is 0 Å². The van der Waals surface area contributed by atoms with Crippen molar-refractivity contribution >= 4 is 17.5 Å². The van der Waals surface area contributed by atoms with Crippen LogP contribution < -0.4 is 5.32 Å². The average Bonchev–Trinajstić information content (AvgIpc) is 2.76. The van der Waals surface area contributed by atoms with Gasteiger partial charge in [0.15, 0.2) is 0 Å². The summed E-state index contributed by atoms with van der Waals surface area (Å²) in [6.07, 6.45) is 1.35. The molecule has 1 unspecified atom stereocenters. The van der Waals surface area contributed by atoms with Crippen molar-refractivity contribution < 1.29 is 13.6 Å². The number of carbonyl (C=O) groups excluding carboxylic acids is 1. The molecule has 0 fully saturated rings. The molecule has 5 heteroatoms. The third-order valence-electron chi connectivity index (χ3n) is 2.58. The summed E-state index contributed by atoms with van der Waals surface area (Å²) in [4.78, 5) is 11.8. The van der Waals surface area contributed by atoms with Gasteiger partial charge in [0.25, 0.3) is 5.91 Å². The van der Waals surface area contributed by atoms with Crippen molar-refractivity contribution in [3.63, 3.8) is 0 Å². The Labute approximate surface area is 109 Å². The van der Waals surface area contributed by atoms with Crippen LogP contribution in [-0.4, -0.2) is 5.91 Å². The van der Waals surface area contributed by atoms with Crippen LogP contribution >= 0.6 is 11.6 Å². The molecule has 94 valence electrons. The van der Waals surface area contributed by atoms with Gasteiger partial charge in [-0.25, -0.2) is 4.39 Å². The Morgan fingerprint density at radius 2 is 2.00 bits per heavy atom. The summed E-state index contributed by atoms with van der Waals surface area (Å²) < 4.78 is 17.6. The lowest BCUT2D eigenvalue weighted by atomic mass is 10.1. The van der Waals surface area contributed by atoms with Gasteiger partial charge in [-0.15, -0.1) is 0 Å². The summed E-state index contributed by atoms with van der Waals surface area (Å²) in [5, 5.41) is 2.81. The first kappa shape index (κ1) is 12.6. The van der Waals surface area contributed by atoms with E-state index in [0.29, 0.717) is 0 Å². The van der Waals surface area contributed by atoms with Crippen LogP contribution in [0.5, 0.6) is 0 Å². The summed E-state index contributed by atoms with van der Waals surface area (Å²) in [7, 11) is 0. The Morgan fingerprint density at radius 3 is 2.56 bits per heavy atom. The van der Waals surface area contributed by atoms with Gasteiger partial charge in [-0.2, -0.15) is 0 Å². The first-order valence-electron chi connectivity index (χ1n) is 5.37. The number of nitrogens with one attached hydrogen (secondary N) is 1. The molecule has 0 aliphatic carbocycles. The van der Waals surface area contributed by atoms with Crippen molar-refractivity contribution in [3.8, 4) is 0 Å². The van der Waals surface area contributed by atoms with Gasteiger partial charge < -0.3 is 9.73 Å². The highest BCUT2D eigenvalue weighted by molar-refractivity contribution is 6.32. The Balaban J connectivity index is 2.08. The van der Waals surface area contributed by atoms with Gasteiger partial charge in [-0.3, -0.25) is 4.79 Å². The van der Waals surface area contributed by atoms with E-state index < -0.39 is 0 Å². The van der Waals surface area contributed by atoms with Crippen LogP contribution in [0.2, 0.25) is 5.22 Å². The standard InChI is InChI=1S/C13H11ClFNO2/c1-8(9-2-4-10(15)5-3-9)16-13(17)11-6-7-18-12(11)14/h2-8H,1H3,(H,16,17). The first-order valence-corrected chi connectivity index (χ1v) is 5.75. The molecule has 1 aromatic carbocycles. The maximum atomic E-state index is 12.8. The Morgan fingerprint density at radius 1 is 1.33 bits per heavy atom. The molecule has 1 N–H and O–H groups in total. The van der Waals surface area contributed by atoms with E-state index in [4.69, 9.17) is 16.0 Å². The molecule has 0 saturated heterocycles. The molecule has 0 radical (unpaired) electrons. The summed E-state index contributed by atoms with van der Waals surface area (Å²) in [5.74, 6) is -0.638. The van der Waals surface area contributed by atoms with Gasteiger partial charge in [0.05, 0.1) is 17.9 Å². The van der Waals surface area contributed by atoms with Crippen LogP contribution in [0.4, 0.5) is 4.39 Å². The molecule has 0 saturated carbocycles. The molecule has 1 atom stereocenters. The molecular weight excluding hydrogens is 257 g/mol. The second-order valence-electron chi connectivity index (χ2n) is 3.85. The summed E-state index contributed by atoms with van der Waals surface area (Å²) in [6, 6.07) is 7.19. The van der Waals surface area contributed by atoms with Crippen molar-refractivity contribution in [1.29, 1.82) is 0 Å². The molecule has 0 aliphatic heterocycles. The van der Waals surface area contributed by atoms with Crippen LogP contribution in [0, 0.1) is 5.82 Å². The molecule has 3 nitrogen and oxygen atoms in total. The molecular formula is C13H11ClFNO2. The van der Waals surface area contributed by atoms with E-state index >= 15 is 0 Å². The lowest BCUT2D eigenvalue weighted by Crippen LogP contribution is -2.26. The maximum absolute atomic E-state index is 12.8. The van der Waals surface area contributed by atoms with Crippen LogP contribution in [-0.2, 0) is 0 Å². The second kappa shape index (κ2) is 5.23. The van der Waals surface area contributed by atoms with Gasteiger partial charge in [-0.1, -0.05) is 12.1 Å². The topological polar surface area (TPSA) is 42.2 Å². The fourth-order valence-corrected chi connectivity index (χ4v) is 1.77. The van der Waals surface area contributed by atoms with Gasteiger partial charge in [-0.05, 0) is 42.3 Å². The van der Waals surface area contributed by atoms with Crippen molar-refractivity contribution in [2.45, 2.75) is 13.0 Å². The predicted molar refractivity (Wildman–Crippen MR) is 66.0 cm³/mol. The minimum Gasteiger partial charge on any atom is -0.452 e. The lowest BCUT2D eigenvalue weighted by Gasteiger charge is -2.13. The van der Waals surface area contributed by atoms with Crippen molar-refractivity contribution in [2.24, 2.45) is 0 Å². The highest BCUT2D eigenvalue weighted by Gasteiger charge is 2.16. The van der Waals surface area contributed by atoms with Gasteiger partial charge in [0.1, 0.15) is 5.82 Å². The molecule has 0 bridgehead atoms. The Bertz CT molecular complexity index is 550.